The molecule has 2 N–H and O–H groups in total. The highest BCUT2D eigenvalue weighted by atomic mass is 16.5. The van der Waals surface area contributed by atoms with Gasteiger partial charge in [0.05, 0.1) is 19.8 Å². The molecule has 20 heavy (non-hydrogen) atoms. The summed E-state index contributed by atoms with van der Waals surface area (Å²) in [6.07, 6.45) is 0.898. The molecule has 1 amide bonds. The highest BCUT2D eigenvalue weighted by molar-refractivity contribution is 5.77. The summed E-state index contributed by atoms with van der Waals surface area (Å²) >= 11 is 0. The Hall–Kier alpha value is -1.75. The molecule has 0 saturated heterocycles. The smallest absolute Gasteiger partial charge is 0.233 e. The summed E-state index contributed by atoms with van der Waals surface area (Å²) in [4.78, 5) is 11.4. The normalized spacial score (nSPS) is 15.3. The molecule has 1 heterocycles. The molecule has 5 heteroatoms. The maximum atomic E-state index is 11.4. The lowest BCUT2D eigenvalue weighted by atomic mass is 10.1. The number of ether oxygens (including phenoxy) is 2. The number of amides is 1. The van der Waals surface area contributed by atoms with E-state index in [1.165, 1.54) is 0 Å². The number of carbonyl (C=O) groups excluding carboxylic acids is 1. The Morgan fingerprint density at radius 1 is 1.30 bits per heavy atom. The van der Waals surface area contributed by atoms with Crippen LogP contribution in [-0.2, 0) is 4.79 Å². The van der Waals surface area contributed by atoms with Gasteiger partial charge in [-0.1, -0.05) is 6.07 Å². The SMILES string of the molecule is CCNC(=O)CNC(C)c1ccc2c(c1)OCCCO2. The van der Waals surface area contributed by atoms with Gasteiger partial charge in [0.2, 0.25) is 5.91 Å². The van der Waals surface area contributed by atoms with E-state index in [0.717, 1.165) is 23.5 Å². The van der Waals surface area contributed by atoms with Crippen LogP contribution in [0.1, 0.15) is 31.9 Å². The lowest BCUT2D eigenvalue weighted by Crippen LogP contribution is -2.34. The number of fused-ring (bicyclic) bond motifs is 1. The highest BCUT2D eigenvalue weighted by Gasteiger charge is 2.14. The molecule has 1 aliphatic rings. The first-order valence-electron chi connectivity index (χ1n) is 7.10. The zero-order valence-corrected chi connectivity index (χ0v) is 12.1. The van der Waals surface area contributed by atoms with Gasteiger partial charge in [-0.25, -0.2) is 0 Å². The van der Waals surface area contributed by atoms with E-state index in [4.69, 9.17) is 9.47 Å². The third-order valence-electron chi connectivity index (χ3n) is 3.21. The van der Waals surface area contributed by atoms with Crippen molar-refractivity contribution in [1.29, 1.82) is 0 Å². The van der Waals surface area contributed by atoms with Gasteiger partial charge in [-0.05, 0) is 31.5 Å². The molecule has 0 saturated carbocycles. The van der Waals surface area contributed by atoms with Crippen molar-refractivity contribution < 1.29 is 14.3 Å². The fourth-order valence-corrected chi connectivity index (χ4v) is 2.07. The highest BCUT2D eigenvalue weighted by Crippen LogP contribution is 2.32. The van der Waals surface area contributed by atoms with Crippen molar-refractivity contribution in [2.45, 2.75) is 26.3 Å². The fraction of sp³-hybridized carbons (Fsp3) is 0.533. The Morgan fingerprint density at radius 2 is 2.05 bits per heavy atom. The van der Waals surface area contributed by atoms with E-state index in [1.807, 2.05) is 32.0 Å². The predicted molar refractivity (Wildman–Crippen MR) is 77.2 cm³/mol. The van der Waals surface area contributed by atoms with Crippen molar-refractivity contribution in [2.24, 2.45) is 0 Å². The maximum Gasteiger partial charge on any atom is 0.233 e. The van der Waals surface area contributed by atoms with Crippen LogP contribution in [-0.4, -0.2) is 32.2 Å². The molecule has 1 aromatic carbocycles. The Labute approximate surface area is 119 Å². The van der Waals surface area contributed by atoms with Gasteiger partial charge >= 0.3 is 0 Å². The van der Waals surface area contributed by atoms with Crippen molar-refractivity contribution in [3.63, 3.8) is 0 Å². The van der Waals surface area contributed by atoms with Gasteiger partial charge in [0.1, 0.15) is 0 Å². The summed E-state index contributed by atoms with van der Waals surface area (Å²) in [6, 6.07) is 5.99. The number of benzene rings is 1. The minimum atomic E-state index is 0.00805. The molecular formula is C15H22N2O3. The summed E-state index contributed by atoms with van der Waals surface area (Å²) in [5.74, 6) is 1.59. The predicted octanol–water partition coefficient (Wildman–Crippen LogP) is 1.63. The Morgan fingerprint density at radius 3 is 2.80 bits per heavy atom. The number of hydrogen-bond donors (Lipinski definition) is 2. The average Bonchev–Trinajstić information content (AvgIpc) is 2.69. The Kier molecular flexibility index (Phi) is 5.24. The number of carbonyl (C=O) groups is 1. The van der Waals surface area contributed by atoms with Crippen molar-refractivity contribution in [1.82, 2.24) is 10.6 Å². The van der Waals surface area contributed by atoms with Crippen LogP contribution in [0.25, 0.3) is 0 Å². The van der Waals surface area contributed by atoms with Gasteiger partial charge in [-0.2, -0.15) is 0 Å². The molecule has 2 rings (SSSR count). The van der Waals surface area contributed by atoms with E-state index in [2.05, 4.69) is 10.6 Å². The molecule has 0 fully saturated rings. The molecule has 1 unspecified atom stereocenters. The van der Waals surface area contributed by atoms with Crippen molar-refractivity contribution in [2.75, 3.05) is 26.3 Å². The Balaban J connectivity index is 1.98. The first kappa shape index (κ1) is 14.7. The Bertz CT molecular complexity index is 462. The van der Waals surface area contributed by atoms with Crippen molar-refractivity contribution >= 4 is 5.91 Å². The van der Waals surface area contributed by atoms with E-state index in [-0.39, 0.29) is 11.9 Å². The summed E-state index contributed by atoms with van der Waals surface area (Å²) in [7, 11) is 0. The van der Waals surface area contributed by atoms with Crippen LogP contribution in [0.5, 0.6) is 11.5 Å². The number of likely N-dealkylation sites (N-methyl/N-ethyl adjacent to an activating group) is 1. The number of hydrogen-bond acceptors (Lipinski definition) is 4. The maximum absolute atomic E-state index is 11.4. The molecule has 0 bridgehead atoms. The molecule has 110 valence electrons. The fourth-order valence-electron chi connectivity index (χ4n) is 2.07. The molecule has 1 aliphatic heterocycles. The zero-order valence-electron chi connectivity index (χ0n) is 12.1. The summed E-state index contributed by atoms with van der Waals surface area (Å²) in [6.45, 7) is 6.26. The molecule has 0 aliphatic carbocycles. The van der Waals surface area contributed by atoms with Gasteiger partial charge in [0, 0.05) is 19.0 Å². The van der Waals surface area contributed by atoms with E-state index in [9.17, 15) is 4.79 Å². The monoisotopic (exact) mass is 278 g/mol. The lowest BCUT2D eigenvalue weighted by molar-refractivity contribution is -0.120. The average molecular weight is 278 g/mol. The second-order valence-corrected chi connectivity index (χ2v) is 4.81. The van der Waals surface area contributed by atoms with Crippen LogP contribution < -0.4 is 20.1 Å². The molecule has 0 radical (unpaired) electrons. The first-order chi connectivity index (χ1) is 9.70. The largest absolute Gasteiger partial charge is 0.490 e. The van der Waals surface area contributed by atoms with E-state index < -0.39 is 0 Å². The molecule has 0 spiro atoms. The van der Waals surface area contributed by atoms with Crippen LogP contribution >= 0.6 is 0 Å². The van der Waals surface area contributed by atoms with E-state index >= 15 is 0 Å². The summed E-state index contributed by atoms with van der Waals surface area (Å²) in [5.41, 5.74) is 1.08. The van der Waals surface area contributed by atoms with Gasteiger partial charge in [-0.3, -0.25) is 4.79 Å². The third-order valence-corrected chi connectivity index (χ3v) is 3.21. The van der Waals surface area contributed by atoms with Gasteiger partial charge in [0.15, 0.2) is 11.5 Å². The first-order valence-corrected chi connectivity index (χ1v) is 7.10. The molecule has 0 aromatic heterocycles. The summed E-state index contributed by atoms with van der Waals surface area (Å²) < 4.78 is 11.3. The number of rotatable bonds is 5. The molecular weight excluding hydrogens is 256 g/mol. The van der Waals surface area contributed by atoms with Crippen LogP contribution in [0.4, 0.5) is 0 Å². The van der Waals surface area contributed by atoms with Crippen LogP contribution in [0.15, 0.2) is 18.2 Å². The standard InChI is InChI=1S/C15H22N2O3/c1-3-16-15(18)10-17-11(2)12-5-6-13-14(9-12)20-8-4-7-19-13/h5-6,9,11,17H,3-4,7-8,10H2,1-2H3,(H,16,18). The van der Waals surface area contributed by atoms with Crippen molar-refractivity contribution in [3.8, 4) is 11.5 Å². The van der Waals surface area contributed by atoms with Crippen molar-refractivity contribution in [3.05, 3.63) is 23.8 Å². The zero-order chi connectivity index (χ0) is 14.4. The van der Waals surface area contributed by atoms with Gasteiger partial charge in [0.25, 0.3) is 0 Å². The number of nitrogens with one attached hydrogen (secondary N) is 2. The van der Waals surface area contributed by atoms with Gasteiger partial charge < -0.3 is 20.1 Å². The van der Waals surface area contributed by atoms with Crippen LogP contribution in [0, 0.1) is 0 Å². The van der Waals surface area contributed by atoms with E-state index in [1.54, 1.807) is 0 Å². The lowest BCUT2D eigenvalue weighted by Gasteiger charge is -2.16. The van der Waals surface area contributed by atoms with Gasteiger partial charge in [-0.15, -0.1) is 0 Å². The quantitative estimate of drug-likeness (QED) is 0.859. The van der Waals surface area contributed by atoms with Crippen LogP contribution in [0.3, 0.4) is 0 Å². The summed E-state index contributed by atoms with van der Waals surface area (Å²) in [5, 5.41) is 5.96. The molecule has 1 atom stereocenters. The second kappa shape index (κ2) is 7.14. The minimum Gasteiger partial charge on any atom is -0.490 e. The minimum absolute atomic E-state index is 0.00805. The van der Waals surface area contributed by atoms with Crippen LogP contribution in [0.2, 0.25) is 0 Å². The third kappa shape index (κ3) is 3.87. The van der Waals surface area contributed by atoms with E-state index in [0.29, 0.717) is 26.3 Å². The second-order valence-electron chi connectivity index (χ2n) is 4.81. The molecule has 5 nitrogen and oxygen atoms in total. The topological polar surface area (TPSA) is 59.6 Å². The molecule has 1 aromatic rings.